The minimum atomic E-state index is -0.504. The maximum absolute atomic E-state index is 2.62. The van der Waals surface area contributed by atoms with Crippen LogP contribution in [0.25, 0.3) is 55.6 Å². The third-order valence-corrected chi connectivity index (χ3v) is 18.1. The van der Waals surface area contributed by atoms with Gasteiger partial charge in [0.15, 0.2) is 0 Å². The van der Waals surface area contributed by atoms with Crippen LogP contribution in [0.5, 0.6) is 0 Å². The third-order valence-electron chi connectivity index (χ3n) is 18.1. The van der Waals surface area contributed by atoms with E-state index in [0.717, 1.165) is 5.69 Å². The highest BCUT2D eigenvalue weighted by molar-refractivity contribution is 6.02. The molecule has 0 aliphatic heterocycles. The summed E-state index contributed by atoms with van der Waals surface area (Å²) in [7, 11) is 0. The zero-order valence-electron chi connectivity index (χ0n) is 43.2. The van der Waals surface area contributed by atoms with Crippen LogP contribution in [0.15, 0.2) is 188 Å². The van der Waals surface area contributed by atoms with E-state index in [0.29, 0.717) is 0 Å². The summed E-state index contributed by atoms with van der Waals surface area (Å²) in [6, 6.07) is 73.7. The molecule has 9 aromatic rings. The molecule has 0 radical (unpaired) electrons. The van der Waals surface area contributed by atoms with Gasteiger partial charge < -0.3 is 4.90 Å². The van der Waals surface area contributed by atoms with Gasteiger partial charge in [-0.15, -0.1) is 0 Å². The van der Waals surface area contributed by atoms with Crippen molar-refractivity contribution in [1.82, 2.24) is 0 Å². The highest BCUT2D eigenvalue weighted by atomic mass is 15.1. The number of nitrogens with zero attached hydrogens (tertiary/aromatic N) is 1. The monoisotopic (exact) mass is 929 g/mol. The van der Waals surface area contributed by atoms with Gasteiger partial charge in [0.05, 0.1) is 11.1 Å². The van der Waals surface area contributed by atoms with E-state index < -0.39 is 5.41 Å². The molecule has 14 rings (SSSR count). The number of benzene rings is 9. The molecule has 0 amide bonds. The summed E-state index contributed by atoms with van der Waals surface area (Å²) in [5.41, 5.74) is 30.5. The molecule has 1 nitrogen and oxygen atoms in total. The van der Waals surface area contributed by atoms with E-state index in [1.165, 1.54) is 148 Å². The summed E-state index contributed by atoms with van der Waals surface area (Å²) in [6.45, 7) is 18.9. The van der Waals surface area contributed by atoms with Crippen LogP contribution < -0.4 is 4.90 Å². The molecule has 1 heteroatoms. The predicted molar refractivity (Wildman–Crippen MR) is 303 cm³/mol. The first kappa shape index (κ1) is 43.6. The molecule has 0 atom stereocenters. The molecule has 0 N–H and O–H groups in total. The van der Waals surface area contributed by atoms with Gasteiger partial charge in [-0.2, -0.15) is 0 Å². The van der Waals surface area contributed by atoms with E-state index in [1.807, 2.05) is 0 Å². The minimum Gasteiger partial charge on any atom is -0.310 e. The van der Waals surface area contributed by atoms with Crippen molar-refractivity contribution >= 4 is 17.1 Å². The molecule has 0 bridgehead atoms. The van der Waals surface area contributed by atoms with Crippen molar-refractivity contribution in [2.45, 2.75) is 108 Å². The molecular weight excluding hydrogens is 867 g/mol. The molecule has 0 heterocycles. The summed E-state index contributed by atoms with van der Waals surface area (Å²) in [5.74, 6) is 0. The van der Waals surface area contributed by atoms with Crippen LogP contribution in [-0.4, -0.2) is 0 Å². The van der Waals surface area contributed by atoms with Crippen molar-refractivity contribution in [3.05, 3.63) is 244 Å². The summed E-state index contributed by atoms with van der Waals surface area (Å²) in [5, 5.41) is 0. The lowest BCUT2D eigenvalue weighted by atomic mass is 9.69. The fraction of sp³-hybridized carbons (Fsp3) is 0.239. The van der Waals surface area contributed by atoms with Gasteiger partial charge in [-0.25, -0.2) is 0 Å². The highest BCUT2D eigenvalue weighted by Gasteiger charge is 2.53. The number of fused-ring (bicyclic) bond motifs is 18. The van der Waals surface area contributed by atoms with E-state index in [4.69, 9.17) is 0 Å². The second-order valence-electron chi connectivity index (χ2n) is 24.4. The molecular formula is C71H63N. The SMILES string of the molecule is CC(C)(C)c1ccc2c(c1)C1(c3cc(C(C)(C)C)ccc3-2)c2ccccc2-c2c(N(c3ccc(-c4cccc5c4C(C)(C)c4ccccc4-5)cc3)c3ccc4c(c3)C3(CCCC3)c3ccccc3-4)cccc21. The van der Waals surface area contributed by atoms with Crippen molar-refractivity contribution < 1.29 is 0 Å². The molecule has 5 aliphatic carbocycles. The molecule has 0 saturated heterocycles. The first-order valence-electron chi connectivity index (χ1n) is 26.6. The van der Waals surface area contributed by atoms with E-state index in [2.05, 4.69) is 248 Å². The summed E-state index contributed by atoms with van der Waals surface area (Å²) < 4.78 is 0. The molecule has 0 unspecified atom stereocenters. The Labute approximate surface area is 427 Å². The lowest BCUT2D eigenvalue weighted by Gasteiger charge is -2.34. The lowest BCUT2D eigenvalue weighted by molar-refractivity contribution is 0.550. The number of hydrogen-bond acceptors (Lipinski definition) is 1. The quantitative estimate of drug-likeness (QED) is 0.170. The van der Waals surface area contributed by atoms with Gasteiger partial charge in [-0.1, -0.05) is 226 Å². The molecule has 1 fully saturated rings. The van der Waals surface area contributed by atoms with Crippen molar-refractivity contribution in [2.75, 3.05) is 4.90 Å². The highest BCUT2D eigenvalue weighted by Crippen LogP contribution is 2.66. The molecule has 5 aliphatic rings. The van der Waals surface area contributed by atoms with Gasteiger partial charge in [0.1, 0.15) is 0 Å². The van der Waals surface area contributed by atoms with Crippen LogP contribution in [0.1, 0.15) is 137 Å². The van der Waals surface area contributed by atoms with Gasteiger partial charge in [0.2, 0.25) is 0 Å². The Morgan fingerprint density at radius 1 is 0.375 bits per heavy atom. The van der Waals surface area contributed by atoms with E-state index in [-0.39, 0.29) is 21.7 Å². The van der Waals surface area contributed by atoms with Crippen molar-refractivity contribution in [3.63, 3.8) is 0 Å². The van der Waals surface area contributed by atoms with Gasteiger partial charge in [0.25, 0.3) is 0 Å². The number of rotatable bonds is 4. The zero-order chi connectivity index (χ0) is 49.1. The summed E-state index contributed by atoms with van der Waals surface area (Å²) in [4.78, 5) is 2.62. The van der Waals surface area contributed by atoms with Crippen LogP contribution in [0.2, 0.25) is 0 Å². The van der Waals surface area contributed by atoms with Gasteiger partial charge in [-0.3, -0.25) is 0 Å². The second-order valence-corrected chi connectivity index (χ2v) is 24.4. The molecule has 1 saturated carbocycles. The number of anilines is 3. The van der Waals surface area contributed by atoms with Crippen molar-refractivity contribution in [1.29, 1.82) is 0 Å². The minimum absolute atomic E-state index is 0.0171. The van der Waals surface area contributed by atoms with Crippen molar-refractivity contribution in [2.24, 2.45) is 0 Å². The normalized spacial score (nSPS) is 16.4. The van der Waals surface area contributed by atoms with Crippen LogP contribution >= 0.6 is 0 Å². The van der Waals surface area contributed by atoms with Crippen molar-refractivity contribution in [3.8, 4) is 55.6 Å². The Morgan fingerprint density at radius 3 is 1.51 bits per heavy atom. The largest absolute Gasteiger partial charge is 0.310 e. The zero-order valence-corrected chi connectivity index (χ0v) is 43.2. The Hall–Kier alpha value is -7.22. The van der Waals surface area contributed by atoms with E-state index >= 15 is 0 Å². The maximum Gasteiger partial charge on any atom is 0.0726 e. The van der Waals surface area contributed by atoms with Crippen LogP contribution in [0, 0.1) is 0 Å². The van der Waals surface area contributed by atoms with Gasteiger partial charge >= 0.3 is 0 Å². The van der Waals surface area contributed by atoms with Crippen LogP contribution in [-0.2, 0) is 27.1 Å². The number of hydrogen-bond donors (Lipinski definition) is 0. The summed E-state index contributed by atoms with van der Waals surface area (Å²) in [6.07, 6.45) is 4.91. The fourth-order valence-electron chi connectivity index (χ4n) is 14.7. The first-order valence-corrected chi connectivity index (χ1v) is 26.6. The molecule has 72 heavy (non-hydrogen) atoms. The third kappa shape index (κ3) is 5.77. The van der Waals surface area contributed by atoms with Gasteiger partial charge in [-0.05, 0) is 160 Å². The first-order chi connectivity index (χ1) is 34.7. The lowest BCUT2D eigenvalue weighted by Crippen LogP contribution is -2.27. The molecule has 9 aromatic carbocycles. The Balaban J connectivity index is 1.02. The summed E-state index contributed by atoms with van der Waals surface area (Å²) >= 11 is 0. The fourth-order valence-corrected chi connectivity index (χ4v) is 14.7. The van der Waals surface area contributed by atoms with Crippen LogP contribution in [0.4, 0.5) is 17.1 Å². The topological polar surface area (TPSA) is 3.24 Å². The van der Waals surface area contributed by atoms with E-state index in [9.17, 15) is 0 Å². The molecule has 0 aromatic heterocycles. The van der Waals surface area contributed by atoms with Gasteiger partial charge in [0, 0.05) is 27.8 Å². The maximum atomic E-state index is 2.62. The standard InChI is InChI=1S/C71H63N/c1-67(2,3)45-31-36-53-54-37-32-46(68(4,5)6)42-63(54)71(62(53)41-45)59-26-14-11-21-56(59)65-60(71)27-18-28-64(65)72(48-35-38-52-50-19-10-13-25-58(50)70(61(52)43-48)39-15-16-40-70)47-33-29-44(30-34-47)49-22-17-23-55-51-20-9-12-24-57(51)69(7,8)66(49)55/h9-14,17-38,41-43H,15-16,39-40H2,1-8H3. The molecule has 352 valence electrons. The molecule has 2 spiro atoms. The Bertz CT molecular complexity index is 3680. The Morgan fingerprint density at radius 2 is 0.861 bits per heavy atom. The van der Waals surface area contributed by atoms with Crippen LogP contribution in [0.3, 0.4) is 0 Å². The van der Waals surface area contributed by atoms with E-state index in [1.54, 1.807) is 0 Å². The average Bonchev–Trinajstić information content (AvgIpc) is 4.18. The second kappa shape index (κ2) is 14.9. The predicted octanol–water partition coefficient (Wildman–Crippen LogP) is 18.9. The average molecular weight is 930 g/mol. The smallest absolute Gasteiger partial charge is 0.0726 e. The Kier molecular flexibility index (Phi) is 9.03.